The van der Waals surface area contributed by atoms with Crippen LogP contribution in [-0.4, -0.2) is 17.0 Å². The number of fused-ring (bicyclic) bond motifs is 1. The van der Waals surface area contributed by atoms with Crippen molar-refractivity contribution < 1.29 is 17.9 Å². The Balaban J connectivity index is 1.67. The number of pyridine rings is 2. The fourth-order valence-corrected chi connectivity index (χ4v) is 3.52. The molecule has 0 aliphatic heterocycles. The van der Waals surface area contributed by atoms with Crippen LogP contribution in [0, 0.1) is 18.6 Å². The van der Waals surface area contributed by atoms with Gasteiger partial charge in [-0.05, 0) is 55.4 Å². The van der Waals surface area contributed by atoms with E-state index in [4.69, 9.17) is 9.15 Å². The number of hydrogen-bond acceptors (Lipinski definition) is 8. The van der Waals surface area contributed by atoms with Gasteiger partial charge in [0.15, 0.2) is 17.5 Å². The van der Waals surface area contributed by atoms with E-state index in [1.165, 1.54) is 36.7 Å². The molecule has 7 nitrogen and oxygen atoms in total. The first-order valence-electron chi connectivity index (χ1n) is 9.54. The summed E-state index contributed by atoms with van der Waals surface area (Å²) >= 11 is 1.08. The first kappa shape index (κ1) is 21.7. The Kier molecular flexibility index (Phi) is 6.33. The molecule has 0 radical (unpaired) electrons. The van der Waals surface area contributed by atoms with Gasteiger partial charge in [0.25, 0.3) is 5.88 Å². The second kappa shape index (κ2) is 9.33. The van der Waals surface area contributed by atoms with Crippen LogP contribution in [0.15, 0.2) is 58.0 Å². The molecule has 0 unspecified atom stereocenters. The van der Waals surface area contributed by atoms with E-state index in [0.29, 0.717) is 22.1 Å². The number of hydrogen-bond donors (Lipinski definition) is 2. The van der Waals surface area contributed by atoms with Gasteiger partial charge in [-0.3, -0.25) is 4.72 Å². The average molecular weight is 456 g/mol. The third-order valence-corrected chi connectivity index (χ3v) is 5.28. The van der Waals surface area contributed by atoms with Crippen molar-refractivity contribution in [3.8, 4) is 11.6 Å². The van der Waals surface area contributed by atoms with Crippen molar-refractivity contribution in [2.24, 2.45) is 0 Å². The van der Waals surface area contributed by atoms with Crippen LogP contribution in [0.25, 0.3) is 11.0 Å². The number of aryl methyl sites for hydroxylation is 1. The van der Waals surface area contributed by atoms with Gasteiger partial charge in [0, 0.05) is 48.0 Å². The molecule has 32 heavy (non-hydrogen) atoms. The Hall–Kier alpha value is -3.50. The van der Waals surface area contributed by atoms with Crippen molar-refractivity contribution in [3.05, 3.63) is 87.5 Å². The summed E-state index contributed by atoms with van der Waals surface area (Å²) in [7, 11) is 1.69. The van der Waals surface area contributed by atoms with Gasteiger partial charge in [-0.25, -0.2) is 28.3 Å². The molecular weight excluding hydrogens is 438 g/mol. The van der Waals surface area contributed by atoms with Crippen molar-refractivity contribution in [2.75, 3.05) is 11.8 Å². The largest absolute Gasteiger partial charge is 0.436 e. The van der Waals surface area contributed by atoms with Gasteiger partial charge in [0.05, 0.1) is 0 Å². The second-order valence-corrected chi connectivity index (χ2v) is 7.58. The Morgan fingerprint density at radius 3 is 2.78 bits per heavy atom. The van der Waals surface area contributed by atoms with Gasteiger partial charge in [0.1, 0.15) is 11.3 Å². The molecular formula is C22H18F2N4O3S. The lowest BCUT2D eigenvalue weighted by atomic mass is 10.00. The number of nitrogens with one attached hydrogen (secondary N) is 2. The maximum atomic E-state index is 14.8. The van der Waals surface area contributed by atoms with Crippen LogP contribution in [0.1, 0.15) is 16.7 Å². The summed E-state index contributed by atoms with van der Waals surface area (Å²) < 4.78 is 45.1. The smallest absolute Gasteiger partial charge is 0.340 e. The minimum Gasteiger partial charge on any atom is -0.436 e. The minimum absolute atomic E-state index is 0.0365. The van der Waals surface area contributed by atoms with Gasteiger partial charge >= 0.3 is 5.63 Å². The number of nitrogens with zero attached hydrogens (tertiary/aromatic N) is 2. The Morgan fingerprint density at radius 1 is 1.16 bits per heavy atom. The first-order chi connectivity index (χ1) is 15.5. The van der Waals surface area contributed by atoms with Crippen molar-refractivity contribution in [2.45, 2.75) is 13.3 Å². The van der Waals surface area contributed by atoms with Crippen LogP contribution in [0.4, 0.5) is 14.6 Å². The van der Waals surface area contributed by atoms with E-state index in [1.54, 1.807) is 26.1 Å². The molecule has 0 saturated heterocycles. The van der Waals surface area contributed by atoms with Gasteiger partial charge in [0.2, 0.25) is 0 Å². The fourth-order valence-electron chi connectivity index (χ4n) is 3.18. The van der Waals surface area contributed by atoms with Crippen molar-refractivity contribution in [1.29, 1.82) is 0 Å². The van der Waals surface area contributed by atoms with Gasteiger partial charge in [-0.15, -0.1) is 0 Å². The van der Waals surface area contributed by atoms with Crippen molar-refractivity contribution in [1.82, 2.24) is 14.7 Å². The van der Waals surface area contributed by atoms with E-state index < -0.39 is 17.3 Å². The molecule has 0 atom stereocenters. The highest BCUT2D eigenvalue weighted by atomic mass is 32.2. The number of benzene rings is 1. The summed E-state index contributed by atoms with van der Waals surface area (Å²) in [4.78, 5) is 20.5. The Bertz CT molecular complexity index is 1350. The molecule has 0 aliphatic carbocycles. The van der Waals surface area contributed by atoms with E-state index >= 15 is 0 Å². The number of ether oxygens (including phenoxy) is 1. The predicted octanol–water partition coefficient (Wildman–Crippen LogP) is 4.75. The van der Waals surface area contributed by atoms with E-state index in [0.717, 1.165) is 12.1 Å². The molecule has 0 saturated carbocycles. The molecule has 3 heterocycles. The molecule has 2 N–H and O–H groups in total. The van der Waals surface area contributed by atoms with Crippen molar-refractivity contribution in [3.63, 3.8) is 0 Å². The Labute approximate surface area is 186 Å². The normalized spacial score (nSPS) is 11.0. The number of aromatic nitrogens is 2. The SMILES string of the molecule is CNSNc1nccc(Cc2c(C)c3ccc(Oc4ncccc4F)cc3oc2=O)c1F. The molecule has 0 amide bonds. The molecule has 164 valence electrons. The third kappa shape index (κ3) is 4.41. The molecule has 3 aromatic heterocycles. The first-order valence-corrected chi connectivity index (χ1v) is 10.4. The van der Waals surface area contributed by atoms with Crippen LogP contribution in [-0.2, 0) is 6.42 Å². The zero-order valence-electron chi connectivity index (χ0n) is 17.1. The van der Waals surface area contributed by atoms with Crippen LogP contribution in [0.2, 0.25) is 0 Å². The monoisotopic (exact) mass is 456 g/mol. The number of rotatable bonds is 7. The lowest BCUT2D eigenvalue weighted by Gasteiger charge is -2.11. The number of halogens is 2. The molecule has 1 aromatic carbocycles. The molecule has 0 aliphatic rings. The van der Waals surface area contributed by atoms with Crippen molar-refractivity contribution >= 4 is 28.9 Å². The van der Waals surface area contributed by atoms with Crippen LogP contribution in [0.5, 0.6) is 11.6 Å². The fraction of sp³-hybridized carbons (Fsp3) is 0.136. The molecule has 4 aromatic rings. The summed E-state index contributed by atoms with van der Waals surface area (Å²) in [5, 5.41) is 0.659. The summed E-state index contributed by atoms with van der Waals surface area (Å²) in [6.07, 6.45) is 2.91. The molecule has 0 spiro atoms. The predicted molar refractivity (Wildman–Crippen MR) is 119 cm³/mol. The van der Waals surface area contributed by atoms with Crippen LogP contribution in [0.3, 0.4) is 0 Å². The van der Waals surface area contributed by atoms with Gasteiger partial charge < -0.3 is 9.15 Å². The van der Waals surface area contributed by atoms with E-state index in [2.05, 4.69) is 19.4 Å². The highest BCUT2D eigenvalue weighted by Crippen LogP contribution is 2.29. The highest BCUT2D eigenvalue weighted by Gasteiger charge is 2.17. The standard InChI is InChI=1S/C22H18F2N4O3S/c1-12-15-6-5-14(30-21-17(23)4-3-8-27-21)11-18(15)31-22(29)16(12)10-13-7-9-26-20(19(13)24)28-32-25-2/h3-9,11,25H,10H2,1-2H3,(H,26,28). The lowest BCUT2D eigenvalue weighted by Crippen LogP contribution is -2.12. The maximum Gasteiger partial charge on any atom is 0.340 e. The summed E-state index contributed by atoms with van der Waals surface area (Å²) in [5.41, 5.74) is 0.973. The van der Waals surface area contributed by atoms with Gasteiger partial charge in [-0.2, -0.15) is 0 Å². The van der Waals surface area contributed by atoms with Gasteiger partial charge in [-0.1, -0.05) is 0 Å². The Morgan fingerprint density at radius 2 is 2.00 bits per heavy atom. The topological polar surface area (TPSA) is 89.3 Å². The molecule has 0 bridgehead atoms. The summed E-state index contributed by atoms with van der Waals surface area (Å²) in [5.74, 6) is -1.01. The lowest BCUT2D eigenvalue weighted by molar-refractivity contribution is 0.422. The quantitative estimate of drug-likeness (QED) is 0.304. The average Bonchev–Trinajstić information content (AvgIpc) is 2.78. The zero-order chi connectivity index (χ0) is 22.7. The highest BCUT2D eigenvalue weighted by molar-refractivity contribution is 7.98. The third-order valence-electron chi connectivity index (χ3n) is 4.78. The summed E-state index contributed by atoms with van der Waals surface area (Å²) in [6, 6.07) is 9.02. The summed E-state index contributed by atoms with van der Waals surface area (Å²) in [6.45, 7) is 1.77. The molecule has 10 heteroatoms. The minimum atomic E-state index is -0.609. The van der Waals surface area contributed by atoms with E-state index in [9.17, 15) is 13.6 Å². The van der Waals surface area contributed by atoms with Crippen LogP contribution >= 0.6 is 12.1 Å². The van der Waals surface area contributed by atoms with E-state index in [1.807, 2.05) is 0 Å². The second-order valence-electron chi connectivity index (χ2n) is 6.76. The molecule has 4 rings (SSSR count). The number of anilines is 1. The zero-order valence-corrected chi connectivity index (χ0v) is 17.9. The van der Waals surface area contributed by atoms with Crippen LogP contribution < -0.4 is 19.8 Å². The maximum absolute atomic E-state index is 14.8. The molecule has 0 fully saturated rings. The van der Waals surface area contributed by atoms with E-state index in [-0.39, 0.29) is 29.5 Å².